The van der Waals surface area contributed by atoms with Gasteiger partial charge in [-0.25, -0.2) is 9.97 Å². The monoisotopic (exact) mass is 395 g/mol. The Labute approximate surface area is 166 Å². The van der Waals surface area contributed by atoms with Crippen LogP contribution in [0.1, 0.15) is 16.9 Å². The molecule has 8 heteroatoms. The summed E-state index contributed by atoms with van der Waals surface area (Å²) in [5, 5.41) is 12.7. The molecule has 144 valence electrons. The zero-order valence-corrected chi connectivity index (χ0v) is 16.6. The van der Waals surface area contributed by atoms with Crippen molar-refractivity contribution in [2.45, 2.75) is 24.9 Å². The second-order valence-electron chi connectivity index (χ2n) is 7.20. The van der Waals surface area contributed by atoms with Crippen molar-refractivity contribution in [3.8, 4) is 0 Å². The van der Waals surface area contributed by atoms with E-state index in [1.165, 1.54) is 10.4 Å². The number of hydrogen-bond donors (Lipinski definition) is 2. The maximum atomic E-state index is 5.85. The highest BCUT2D eigenvalue weighted by Gasteiger charge is 2.37. The summed E-state index contributed by atoms with van der Waals surface area (Å²) in [5.74, 6) is 0.849. The van der Waals surface area contributed by atoms with E-state index in [2.05, 4.69) is 31.5 Å². The van der Waals surface area contributed by atoms with Crippen LogP contribution in [0.5, 0.6) is 0 Å². The number of aromatic amines is 1. The molecule has 3 heterocycles. The third-order valence-electron chi connectivity index (χ3n) is 5.53. The second kappa shape index (κ2) is 6.80. The molecule has 7 nitrogen and oxygen atoms in total. The number of thiophene rings is 1. The van der Waals surface area contributed by atoms with Gasteiger partial charge in [-0.1, -0.05) is 0 Å². The third-order valence-corrected chi connectivity index (χ3v) is 6.67. The molecule has 0 aliphatic heterocycles. The molecule has 0 radical (unpaired) electrons. The molecule has 1 aliphatic carbocycles. The van der Waals surface area contributed by atoms with E-state index < -0.39 is 0 Å². The first-order valence-corrected chi connectivity index (χ1v) is 10.0. The van der Waals surface area contributed by atoms with E-state index in [0.29, 0.717) is 6.61 Å². The molecule has 1 aliphatic rings. The summed E-state index contributed by atoms with van der Waals surface area (Å²) in [5.41, 5.74) is 3.07. The highest BCUT2D eigenvalue weighted by Crippen LogP contribution is 2.42. The highest BCUT2D eigenvalue weighted by molar-refractivity contribution is 7.19. The number of hydrogen-bond acceptors (Lipinski definition) is 7. The molecule has 0 saturated heterocycles. The van der Waals surface area contributed by atoms with Crippen molar-refractivity contribution >= 4 is 44.0 Å². The molecule has 1 aromatic carbocycles. The van der Waals surface area contributed by atoms with Crippen LogP contribution in [0.2, 0.25) is 0 Å². The minimum Gasteiger partial charge on any atom is -0.382 e. The number of nitrogens with zero attached hydrogens (tertiary/aromatic N) is 3. The van der Waals surface area contributed by atoms with Crippen molar-refractivity contribution in [3.05, 3.63) is 41.2 Å². The van der Waals surface area contributed by atoms with Gasteiger partial charge in [-0.3, -0.25) is 5.10 Å². The molecular weight excluding hydrogens is 374 g/mol. The minimum absolute atomic E-state index is 0.254. The summed E-state index contributed by atoms with van der Waals surface area (Å²) in [7, 11) is 3.50. The van der Waals surface area contributed by atoms with Crippen molar-refractivity contribution in [2.75, 3.05) is 26.1 Å². The molecule has 0 saturated carbocycles. The topological polar surface area (TPSA) is 85.0 Å². The molecule has 2 N–H and O–H groups in total. The Morgan fingerprint density at radius 3 is 3.07 bits per heavy atom. The molecule has 1 atom stereocenters. The Morgan fingerprint density at radius 1 is 1.29 bits per heavy atom. The van der Waals surface area contributed by atoms with E-state index in [-0.39, 0.29) is 5.60 Å². The molecule has 0 spiro atoms. The Hall–Kier alpha value is -2.55. The Balaban J connectivity index is 1.54. The SMILES string of the molecule is COCC1(OC)CCc2c(sc3ncnc(Nc4ccc5[nH]ncc5c4)c23)C1. The molecule has 1 unspecified atom stereocenters. The third kappa shape index (κ3) is 2.85. The predicted octanol–water partition coefficient (Wildman–Crippen LogP) is 3.83. The van der Waals surface area contributed by atoms with Crippen molar-refractivity contribution in [1.82, 2.24) is 20.2 Å². The molecule has 4 aromatic rings. The van der Waals surface area contributed by atoms with Gasteiger partial charge in [-0.2, -0.15) is 5.10 Å². The van der Waals surface area contributed by atoms with E-state index in [1.54, 1.807) is 31.9 Å². The van der Waals surface area contributed by atoms with Crippen LogP contribution < -0.4 is 5.32 Å². The van der Waals surface area contributed by atoms with Crippen LogP contribution in [0.4, 0.5) is 11.5 Å². The van der Waals surface area contributed by atoms with Gasteiger partial charge in [0, 0.05) is 36.6 Å². The lowest BCUT2D eigenvalue weighted by Gasteiger charge is -2.35. The number of fused-ring (bicyclic) bond motifs is 4. The molecule has 5 rings (SSSR count). The number of anilines is 2. The zero-order chi connectivity index (χ0) is 19.1. The van der Waals surface area contributed by atoms with Gasteiger partial charge in [0.05, 0.1) is 29.3 Å². The van der Waals surface area contributed by atoms with Crippen LogP contribution >= 0.6 is 11.3 Å². The molecule has 0 bridgehead atoms. The molecule has 0 amide bonds. The van der Waals surface area contributed by atoms with Gasteiger partial charge in [0.25, 0.3) is 0 Å². The van der Waals surface area contributed by atoms with Gasteiger partial charge < -0.3 is 14.8 Å². The first-order valence-electron chi connectivity index (χ1n) is 9.21. The quantitative estimate of drug-likeness (QED) is 0.534. The van der Waals surface area contributed by atoms with Gasteiger partial charge in [-0.15, -0.1) is 11.3 Å². The molecule has 0 fully saturated rings. The van der Waals surface area contributed by atoms with Crippen LogP contribution in [-0.4, -0.2) is 46.6 Å². The first kappa shape index (κ1) is 17.5. The van der Waals surface area contributed by atoms with E-state index in [9.17, 15) is 0 Å². The highest BCUT2D eigenvalue weighted by atomic mass is 32.1. The zero-order valence-electron chi connectivity index (χ0n) is 15.8. The Kier molecular flexibility index (Phi) is 4.26. The lowest BCUT2D eigenvalue weighted by molar-refractivity contribution is -0.0714. The van der Waals surface area contributed by atoms with Gasteiger partial charge in [0.1, 0.15) is 17.0 Å². The summed E-state index contributed by atoms with van der Waals surface area (Å²) in [6.45, 7) is 0.596. The fraction of sp³-hybridized carbons (Fsp3) is 0.350. The fourth-order valence-corrected chi connectivity index (χ4v) is 5.37. The van der Waals surface area contributed by atoms with Crippen molar-refractivity contribution in [3.63, 3.8) is 0 Å². The number of nitrogens with one attached hydrogen (secondary N) is 2. The van der Waals surface area contributed by atoms with E-state index >= 15 is 0 Å². The summed E-state index contributed by atoms with van der Waals surface area (Å²) in [6.07, 6.45) is 6.14. The predicted molar refractivity (Wildman–Crippen MR) is 110 cm³/mol. The van der Waals surface area contributed by atoms with Crippen molar-refractivity contribution in [2.24, 2.45) is 0 Å². The Bertz CT molecular complexity index is 1150. The minimum atomic E-state index is -0.254. The number of methoxy groups -OCH3 is 2. The standard InChI is InChI=1S/C20H21N5O2S/c1-26-10-20(27-2)6-5-14-16(8-20)28-19-17(14)18(21-11-22-19)24-13-3-4-15-12(7-13)9-23-25-15/h3-4,7,9,11H,5-6,8,10H2,1-2H3,(H,23,25)(H,21,22,24). The van der Waals surface area contributed by atoms with Gasteiger partial charge in [-0.05, 0) is 36.6 Å². The van der Waals surface area contributed by atoms with Crippen LogP contribution in [0, 0.1) is 0 Å². The number of benzene rings is 1. The average molecular weight is 395 g/mol. The summed E-state index contributed by atoms with van der Waals surface area (Å²) in [4.78, 5) is 11.4. The van der Waals surface area contributed by atoms with E-state index in [1.807, 2.05) is 18.3 Å². The summed E-state index contributed by atoms with van der Waals surface area (Å²) < 4.78 is 11.3. The van der Waals surface area contributed by atoms with Crippen molar-refractivity contribution < 1.29 is 9.47 Å². The smallest absolute Gasteiger partial charge is 0.142 e. The Morgan fingerprint density at radius 2 is 2.21 bits per heavy atom. The van der Waals surface area contributed by atoms with Gasteiger partial charge >= 0.3 is 0 Å². The molecule has 3 aromatic heterocycles. The lowest BCUT2D eigenvalue weighted by Crippen LogP contribution is -2.41. The number of ether oxygens (including phenoxy) is 2. The van der Waals surface area contributed by atoms with Crippen molar-refractivity contribution in [1.29, 1.82) is 0 Å². The summed E-state index contributed by atoms with van der Waals surface area (Å²) >= 11 is 1.73. The second-order valence-corrected chi connectivity index (χ2v) is 8.28. The molecular formula is C20H21N5O2S. The largest absolute Gasteiger partial charge is 0.382 e. The number of aromatic nitrogens is 4. The fourth-order valence-electron chi connectivity index (χ4n) is 4.05. The molecule has 28 heavy (non-hydrogen) atoms. The number of aryl methyl sites for hydroxylation is 1. The number of rotatable bonds is 5. The normalized spacial score (nSPS) is 19.2. The van der Waals surface area contributed by atoms with E-state index in [4.69, 9.17) is 9.47 Å². The van der Waals surface area contributed by atoms with Crippen LogP contribution in [0.3, 0.4) is 0 Å². The van der Waals surface area contributed by atoms with E-state index in [0.717, 1.165) is 51.9 Å². The van der Waals surface area contributed by atoms with Gasteiger partial charge in [0.2, 0.25) is 0 Å². The van der Waals surface area contributed by atoms with Crippen LogP contribution in [0.25, 0.3) is 21.1 Å². The van der Waals surface area contributed by atoms with Crippen LogP contribution in [-0.2, 0) is 22.3 Å². The number of H-pyrrole nitrogens is 1. The van der Waals surface area contributed by atoms with Crippen LogP contribution in [0.15, 0.2) is 30.7 Å². The maximum Gasteiger partial charge on any atom is 0.142 e. The summed E-state index contributed by atoms with van der Waals surface area (Å²) in [6, 6.07) is 6.12. The maximum absolute atomic E-state index is 5.85. The average Bonchev–Trinajstić information content (AvgIpc) is 3.31. The lowest BCUT2D eigenvalue weighted by atomic mass is 9.84. The first-order chi connectivity index (χ1) is 13.7. The van der Waals surface area contributed by atoms with Gasteiger partial charge in [0.15, 0.2) is 0 Å².